The lowest BCUT2D eigenvalue weighted by Gasteiger charge is -2.66. The Morgan fingerprint density at radius 3 is 2.28 bits per heavy atom. The van der Waals surface area contributed by atoms with Crippen LogP contribution in [0.25, 0.3) is 0 Å². The van der Waals surface area contributed by atoms with Crippen molar-refractivity contribution in [2.75, 3.05) is 13.7 Å². The third-order valence-corrected chi connectivity index (χ3v) is 12.4. The predicted molar refractivity (Wildman–Crippen MR) is 165 cm³/mol. The monoisotopic (exact) mass is 640 g/mol. The van der Waals surface area contributed by atoms with Crippen LogP contribution in [0.1, 0.15) is 86.1 Å². The highest BCUT2D eigenvalue weighted by Crippen LogP contribution is 2.73. The highest BCUT2D eigenvalue weighted by molar-refractivity contribution is 5.87. The van der Waals surface area contributed by atoms with Gasteiger partial charge in [0.05, 0.1) is 31.3 Å². The van der Waals surface area contributed by atoms with Crippen molar-refractivity contribution in [3.8, 4) is 0 Å². The van der Waals surface area contributed by atoms with E-state index in [1.165, 1.54) is 13.8 Å². The van der Waals surface area contributed by atoms with Gasteiger partial charge < -0.3 is 32.8 Å². The summed E-state index contributed by atoms with van der Waals surface area (Å²) in [6, 6.07) is 1.98. The fourth-order valence-corrected chi connectivity index (χ4v) is 10.4. The predicted octanol–water partition coefficient (Wildman–Crippen LogP) is 5.65. The molecule has 10 heteroatoms. The van der Waals surface area contributed by atoms with E-state index in [2.05, 4.69) is 27.7 Å². The van der Waals surface area contributed by atoms with Crippen LogP contribution in [0.5, 0.6) is 0 Å². The number of allylic oxidation sites excluding steroid dienone is 2. The quantitative estimate of drug-likeness (QED) is 0.167. The minimum absolute atomic E-state index is 0.0321. The Hall–Kier alpha value is -2.95. The van der Waals surface area contributed by atoms with Gasteiger partial charge >= 0.3 is 17.9 Å². The lowest BCUT2D eigenvalue weighted by molar-refractivity contribution is -0.262. The molecule has 4 fully saturated rings. The van der Waals surface area contributed by atoms with Crippen LogP contribution < -0.4 is 0 Å². The number of ether oxygens (including phenoxy) is 6. The molecule has 1 aromatic rings. The van der Waals surface area contributed by atoms with Crippen LogP contribution in [-0.4, -0.2) is 68.4 Å². The second kappa shape index (κ2) is 11.6. The molecule has 3 heterocycles. The lowest BCUT2D eigenvalue weighted by Crippen LogP contribution is -2.72. The Kier molecular flexibility index (Phi) is 8.34. The van der Waals surface area contributed by atoms with Gasteiger partial charge in [-0.05, 0) is 50.3 Å². The third-order valence-electron chi connectivity index (χ3n) is 12.4. The fourth-order valence-electron chi connectivity index (χ4n) is 10.4. The van der Waals surface area contributed by atoms with Crippen LogP contribution in [0.15, 0.2) is 45.8 Å². The molecule has 252 valence electrons. The zero-order valence-electron chi connectivity index (χ0n) is 28.4. The number of carbonyl (C=O) groups excluding carboxylic acids is 3. The Morgan fingerprint density at radius 1 is 0.978 bits per heavy atom. The number of hydrogen-bond acceptors (Lipinski definition) is 10. The summed E-state index contributed by atoms with van der Waals surface area (Å²) in [6.45, 7) is 15.2. The second-order valence-electron chi connectivity index (χ2n) is 14.7. The maximum atomic E-state index is 13.7. The molecule has 6 rings (SSSR count). The molecule has 0 bridgehead atoms. The molecule has 2 saturated carbocycles. The molecule has 0 aromatic carbocycles. The Morgan fingerprint density at radius 2 is 1.67 bits per heavy atom. The van der Waals surface area contributed by atoms with Crippen LogP contribution in [-0.2, 0) is 42.8 Å². The molecule has 3 aliphatic carbocycles. The molecular weight excluding hydrogens is 592 g/mol. The largest absolute Gasteiger partial charge is 0.472 e. The van der Waals surface area contributed by atoms with Gasteiger partial charge in [-0.2, -0.15) is 0 Å². The molecule has 0 amide bonds. The van der Waals surface area contributed by atoms with Gasteiger partial charge in [-0.15, -0.1) is 0 Å². The lowest BCUT2D eigenvalue weighted by atomic mass is 9.39. The summed E-state index contributed by atoms with van der Waals surface area (Å²) < 4.78 is 43.9. The summed E-state index contributed by atoms with van der Waals surface area (Å²) in [4.78, 5) is 38.9. The second-order valence-corrected chi connectivity index (χ2v) is 14.7. The van der Waals surface area contributed by atoms with Gasteiger partial charge in [0.2, 0.25) is 0 Å². The normalized spacial score (nSPS) is 43.2. The van der Waals surface area contributed by atoms with Gasteiger partial charge in [-0.3, -0.25) is 9.59 Å². The Balaban J connectivity index is 1.62. The van der Waals surface area contributed by atoms with Gasteiger partial charge in [-0.25, -0.2) is 4.79 Å². The Labute approximate surface area is 271 Å². The molecule has 12 atom stereocenters. The standard InChI is InChI=1S/C36H48O10/c1-10-18(2)33(39)46-32-30-31-34(6,17-42-30)26(43-20(4)37)15-27(44-21(5)38)35(31,7)25-14-28(40-9)45-24-13-23(22-11-12-41-16-22)19(3)29(24)36(25,32)8/h10-12,16,23-28,30-32H,13-15,17H2,1-9H3/t23-,24+,25-,26-,27+,28+,30-,31+,32-,34-,35+,36-/m1/s1. The van der Waals surface area contributed by atoms with Crippen LogP contribution >= 0.6 is 0 Å². The molecule has 0 unspecified atom stereocenters. The van der Waals surface area contributed by atoms with Crippen molar-refractivity contribution in [3.63, 3.8) is 0 Å². The van der Waals surface area contributed by atoms with E-state index in [9.17, 15) is 14.4 Å². The van der Waals surface area contributed by atoms with Crippen molar-refractivity contribution >= 4 is 17.9 Å². The third kappa shape index (κ3) is 4.72. The van der Waals surface area contributed by atoms with Crippen molar-refractivity contribution in [2.45, 2.75) is 117 Å². The minimum atomic E-state index is -0.808. The maximum absolute atomic E-state index is 13.7. The summed E-state index contributed by atoms with van der Waals surface area (Å²) in [5.41, 5.74) is 1.60. The molecule has 0 N–H and O–H groups in total. The van der Waals surface area contributed by atoms with Crippen molar-refractivity contribution in [1.82, 2.24) is 0 Å². The topological polar surface area (TPSA) is 120 Å². The number of methoxy groups -OCH3 is 1. The first-order chi connectivity index (χ1) is 21.7. The van der Waals surface area contributed by atoms with Crippen molar-refractivity contribution < 1.29 is 47.2 Å². The molecule has 0 radical (unpaired) electrons. The summed E-state index contributed by atoms with van der Waals surface area (Å²) >= 11 is 0. The van der Waals surface area contributed by atoms with E-state index in [4.69, 9.17) is 32.8 Å². The van der Waals surface area contributed by atoms with Gasteiger partial charge in [0.15, 0.2) is 6.29 Å². The van der Waals surface area contributed by atoms with E-state index in [0.717, 1.165) is 16.7 Å². The first-order valence-corrected chi connectivity index (χ1v) is 16.4. The van der Waals surface area contributed by atoms with Crippen molar-refractivity contribution in [1.29, 1.82) is 0 Å². The average molecular weight is 641 g/mol. The summed E-state index contributed by atoms with van der Waals surface area (Å²) in [6.07, 6.45) is 3.32. The molecule has 2 saturated heterocycles. The summed E-state index contributed by atoms with van der Waals surface area (Å²) in [5.74, 6) is -1.75. The van der Waals surface area contributed by atoms with E-state index < -0.39 is 64.9 Å². The van der Waals surface area contributed by atoms with Gasteiger partial charge in [0.25, 0.3) is 0 Å². The summed E-state index contributed by atoms with van der Waals surface area (Å²) in [5, 5.41) is 0. The minimum Gasteiger partial charge on any atom is -0.472 e. The van der Waals surface area contributed by atoms with Gasteiger partial charge in [0.1, 0.15) is 18.3 Å². The zero-order chi connectivity index (χ0) is 33.3. The number of rotatable bonds is 6. The zero-order valence-corrected chi connectivity index (χ0v) is 28.4. The maximum Gasteiger partial charge on any atom is 0.333 e. The van der Waals surface area contributed by atoms with Crippen LogP contribution in [0.2, 0.25) is 0 Å². The van der Waals surface area contributed by atoms with E-state index in [1.807, 2.05) is 13.0 Å². The molecule has 46 heavy (non-hydrogen) atoms. The van der Waals surface area contributed by atoms with Gasteiger partial charge in [-0.1, -0.05) is 32.4 Å². The van der Waals surface area contributed by atoms with E-state index in [-0.39, 0.29) is 23.9 Å². The van der Waals surface area contributed by atoms with Gasteiger partial charge in [0, 0.05) is 67.5 Å². The fraction of sp³-hybridized carbons (Fsp3) is 0.694. The number of carbonyl (C=O) groups is 3. The molecule has 2 aliphatic heterocycles. The summed E-state index contributed by atoms with van der Waals surface area (Å²) in [7, 11) is 1.65. The van der Waals surface area contributed by atoms with Crippen molar-refractivity contribution in [3.05, 3.63) is 47.0 Å². The van der Waals surface area contributed by atoms with Crippen molar-refractivity contribution in [2.24, 2.45) is 28.1 Å². The molecule has 5 aliphatic rings. The molecule has 0 spiro atoms. The average Bonchev–Trinajstić information content (AvgIpc) is 3.71. The first kappa shape index (κ1) is 33.0. The SMILES string of the molecule is CC=C(C)C(=O)O[C@@H]1[C@@H]2OC[C@]3(C)[C@H](OC(C)=O)C[C@H](OC(C)=O)[C@@](C)([C@@H]23)[C@H]2C[C@@H](OC)O[C@H]3C[C@@H](c4ccoc4)C(C)=C3[C@]12C. The first-order valence-electron chi connectivity index (χ1n) is 16.4. The highest BCUT2D eigenvalue weighted by Gasteiger charge is 2.77. The molecule has 1 aromatic heterocycles. The number of furan rings is 1. The number of fused-ring (bicyclic) bond motifs is 4. The van der Waals surface area contributed by atoms with E-state index >= 15 is 0 Å². The Bertz CT molecular complexity index is 1440. The van der Waals surface area contributed by atoms with Crippen LogP contribution in [0.4, 0.5) is 0 Å². The molecule has 10 nitrogen and oxygen atoms in total. The van der Waals surface area contributed by atoms with E-state index in [1.54, 1.807) is 32.6 Å². The highest BCUT2D eigenvalue weighted by atomic mass is 16.7. The van der Waals surface area contributed by atoms with Crippen LogP contribution in [0, 0.1) is 28.1 Å². The smallest absolute Gasteiger partial charge is 0.333 e. The van der Waals surface area contributed by atoms with E-state index in [0.29, 0.717) is 31.4 Å². The molecular formula is C36H48O10. The number of hydrogen-bond donors (Lipinski definition) is 0. The number of esters is 3. The van der Waals surface area contributed by atoms with Crippen LogP contribution in [0.3, 0.4) is 0 Å².